The van der Waals surface area contributed by atoms with Gasteiger partial charge in [0.25, 0.3) is 0 Å². The molecule has 66 valence electrons. The van der Waals surface area contributed by atoms with E-state index in [1.807, 2.05) is 0 Å². The average Bonchev–Trinajstić information content (AvgIpc) is 2.36. The van der Waals surface area contributed by atoms with Gasteiger partial charge in [-0.1, -0.05) is 6.58 Å². The molecule has 0 atom stereocenters. The van der Waals surface area contributed by atoms with E-state index >= 15 is 0 Å². The van der Waals surface area contributed by atoms with Gasteiger partial charge >= 0.3 is 17.9 Å². The Hall–Kier alpha value is -1.65. The quantitative estimate of drug-likeness (QED) is 0.345. The van der Waals surface area contributed by atoms with Gasteiger partial charge < -0.3 is 9.84 Å². The summed E-state index contributed by atoms with van der Waals surface area (Å²) >= 11 is 0. The first-order valence-corrected chi connectivity index (χ1v) is 3.15. The Bertz CT molecular complexity index is 204. The molecule has 1 rings (SSSR count). The molecule has 1 fully saturated rings. The van der Waals surface area contributed by atoms with Crippen molar-refractivity contribution in [1.29, 1.82) is 0 Å². The Kier molecular flexibility index (Phi) is 4.36. The lowest BCUT2D eigenvalue weighted by Crippen LogP contribution is -1.94. The fourth-order valence-corrected chi connectivity index (χ4v) is 0.433. The minimum absolute atomic E-state index is 0.263. The molecule has 1 heterocycles. The zero-order valence-electron chi connectivity index (χ0n) is 6.28. The molecule has 0 saturated carbocycles. The van der Waals surface area contributed by atoms with Crippen molar-refractivity contribution >= 4 is 17.9 Å². The van der Waals surface area contributed by atoms with Gasteiger partial charge in [0.2, 0.25) is 0 Å². The smallest absolute Gasteiger partial charge is 0.327 e. The fraction of sp³-hybridized carbons (Fsp3) is 0.286. The van der Waals surface area contributed by atoms with Gasteiger partial charge in [0, 0.05) is 6.08 Å². The van der Waals surface area contributed by atoms with Gasteiger partial charge in [0.05, 0.1) is 12.8 Å². The van der Waals surface area contributed by atoms with Crippen LogP contribution in [0, 0.1) is 0 Å². The van der Waals surface area contributed by atoms with E-state index < -0.39 is 17.9 Å². The van der Waals surface area contributed by atoms with Crippen LogP contribution >= 0.6 is 0 Å². The Morgan fingerprint density at radius 1 is 1.42 bits per heavy atom. The van der Waals surface area contributed by atoms with Crippen LogP contribution in [0.1, 0.15) is 12.8 Å². The summed E-state index contributed by atoms with van der Waals surface area (Å²) in [4.78, 5) is 29.3. The highest BCUT2D eigenvalue weighted by molar-refractivity contribution is 5.92. The van der Waals surface area contributed by atoms with Crippen molar-refractivity contribution in [2.24, 2.45) is 0 Å². The lowest BCUT2D eigenvalue weighted by molar-refractivity contribution is -0.152. The van der Waals surface area contributed by atoms with E-state index in [0.717, 1.165) is 6.08 Å². The van der Waals surface area contributed by atoms with Crippen molar-refractivity contribution < 1.29 is 24.2 Å². The van der Waals surface area contributed by atoms with Gasteiger partial charge in [-0.25, -0.2) is 4.79 Å². The zero-order valence-corrected chi connectivity index (χ0v) is 6.28. The van der Waals surface area contributed by atoms with Crippen LogP contribution in [0.5, 0.6) is 0 Å². The molecule has 0 aromatic heterocycles. The Morgan fingerprint density at radius 3 is 1.83 bits per heavy atom. The number of aliphatic carboxylic acids is 1. The van der Waals surface area contributed by atoms with Gasteiger partial charge in [0.15, 0.2) is 0 Å². The summed E-state index contributed by atoms with van der Waals surface area (Å²) in [5, 5.41) is 7.60. The van der Waals surface area contributed by atoms with E-state index in [1.165, 1.54) is 0 Å². The van der Waals surface area contributed by atoms with Gasteiger partial charge in [-0.2, -0.15) is 0 Å². The van der Waals surface area contributed by atoms with Crippen molar-refractivity contribution in [2.75, 3.05) is 0 Å². The molecule has 0 amide bonds. The molecule has 1 aliphatic heterocycles. The number of carbonyl (C=O) groups is 3. The number of carboxylic acids is 1. The van der Waals surface area contributed by atoms with Gasteiger partial charge in [0.1, 0.15) is 0 Å². The van der Waals surface area contributed by atoms with Crippen molar-refractivity contribution in [1.82, 2.24) is 0 Å². The molecule has 0 spiro atoms. The van der Waals surface area contributed by atoms with E-state index in [0.29, 0.717) is 0 Å². The molecule has 0 radical (unpaired) electrons. The van der Waals surface area contributed by atoms with Gasteiger partial charge in [-0.15, -0.1) is 0 Å². The Morgan fingerprint density at radius 2 is 1.75 bits per heavy atom. The zero-order chi connectivity index (χ0) is 9.56. The molecule has 0 aromatic carbocycles. The summed E-state index contributed by atoms with van der Waals surface area (Å²) in [5.74, 6) is -1.78. The lowest BCUT2D eigenvalue weighted by atomic mass is 10.4. The van der Waals surface area contributed by atoms with Crippen LogP contribution in [-0.2, 0) is 19.1 Å². The minimum atomic E-state index is -0.981. The van der Waals surface area contributed by atoms with Crippen molar-refractivity contribution in [3.05, 3.63) is 12.7 Å². The summed E-state index contributed by atoms with van der Waals surface area (Å²) in [6, 6.07) is 0. The number of carbonyl (C=O) groups excluding carboxylic acids is 2. The van der Waals surface area contributed by atoms with Crippen molar-refractivity contribution in [3.8, 4) is 0 Å². The normalized spacial score (nSPS) is 14.3. The van der Waals surface area contributed by atoms with Crippen LogP contribution < -0.4 is 0 Å². The maximum Gasteiger partial charge on any atom is 0.327 e. The summed E-state index contributed by atoms with van der Waals surface area (Å²) in [6.45, 7) is 2.96. The van der Waals surface area contributed by atoms with E-state index in [-0.39, 0.29) is 12.8 Å². The second-order valence-electron chi connectivity index (χ2n) is 1.89. The number of ether oxygens (including phenoxy) is 1. The highest BCUT2D eigenvalue weighted by Crippen LogP contribution is 2.03. The topological polar surface area (TPSA) is 80.7 Å². The van der Waals surface area contributed by atoms with Crippen LogP contribution in [0.4, 0.5) is 0 Å². The number of hydrogen-bond acceptors (Lipinski definition) is 4. The summed E-state index contributed by atoms with van der Waals surface area (Å²) < 4.78 is 4.08. The lowest BCUT2D eigenvalue weighted by Gasteiger charge is -1.79. The van der Waals surface area contributed by atoms with Crippen LogP contribution in [0.25, 0.3) is 0 Å². The van der Waals surface area contributed by atoms with Crippen LogP contribution in [-0.4, -0.2) is 23.0 Å². The van der Waals surface area contributed by atoms with Crippen molar-refractivity contribution in [2.45, 2.75) is 12.8 Å². The first-order chi connectivity index (χ1) is 5.56. The molecule has 1 N–H and O–H groups in total. The third-order valence-corrected chi connectivity index (χ3v) is 0.936. The highest BCUT2D eigenvalue weighted by Gasteiger charge is 2.19. The third kappa shape index (κ3) is 5.16. The second-order valence-corrected chi connectivity index (χ2v) is 1.89. The molecule has 12 heavy (non-hydrogen) atoms. The number of rotatable bonds is 1. The molecule has 0 aromatic rings. The van der Waals surface area contributed by atoms with Gasteiger partial charge in [-0.3, -0.25) is 9.59 Å². The van der Waals surface area contributed by atoms with Gasteiger partial charge in [-0.05, 0) is 0 Å². The van der Waals surface area contributed by atoms with E-state index in [1.54, 1.807) is 0 Å². The van der Waals surface area contributed by atoms with E-state index in [9.17, 15) is 14.4 Å². The number of carboxylic acid groups (broad SMARTS) is 1. The number of esters is 2. The molecule has 0 aliphatic carbocycles. The maximum absolute atomic E-state index is 10.0. The molecule has 5 nitrogen and oxygen atoms in total. The van der Waals surface area contributed by atoms with E-state index in [2.05, 4.69) is 11.3 Å². The summed E-state index contributed by atoms with van der Waals surface area (Å²) in [7, 11) is 0. The standard InChI is InChI=1S/C4H4O3.C3H4O2/c5-3-1-2-4(6)7-3;1-2-3(4)5/h1-2H2;2H,1H2,(H,4,5). The molecule has 5 heteroatoms. The molecule has 0 bridgehead atoms. The summed E-state index contributed by atoms with van der Waals surface area (Å²) in [6.07, 6.45) is 1.36. The Labute approximate surface area is 68.6 Å². The first-order valence-electron chi connectivity index (χ1n) is 3.15. The first kappa shape index (κ1) is 10.3. The van der Waals surface area contributed by atoms with Crippen molar-refractivity contribution in [3.63, 3.8) is 0 Å². The predicted molar refractivity (Wildman–Crippen MR) is 38.2 cm³/mol. The molecular weight excluding hydrogens is 164 g/mol. The van der Waals surface area contributed by atoms with Crippen LogP contribution in [0.15, 0.2) is 12.7 Å². The number of hydrogen-bond donors (Lipinski definition) is 1. The predicted octanol–water partition coefficient (Wildman–Crippen LogP) is 0.107. The largest absolute Gasteiger partial charge is 0.478 e. The SMILES string of the molecule is C=CC(=O)O.O=C1CCC(=O)O1. The van der Waals surface area contributed by atoms with Crippen LogP contribution in [0.3, 0.4) is 0 Å². The monoisotopic (exact) mass is 172 g/mol. The average molecular weight is 172 g/mol. The molecule has 1 aliphatic rings. The number of cyclic esters (lactones) is 2. The molecule has 0 unspecified atom stereocenters. The fourth-order valence-electron chi connectivity index (χ4n) is 0.433. The second kappa shape index (κ2) is 5.06. The Balaban J connectivity index is 0.000000217. The molecular formula is C7H8O5. The third-order valence-electron chi connectivity index (χ3n) is 0.936. The molecule has 1 saturated heterocycles. The maximum atomic E-state index is 10.0. The highest BCUT2D eigenvalue weighted by atomic mass is 16.6. The van der Waals surface area contributed by atoms with Crippen LogP contribution in [0.2, 0.25) is 0 Å². The summed E-state index contributed by atoms with van der Waals surface area (Å²) in [5.41, 5.74) is 0. The van der Waals surface area contributed by atoms with E-state index in [4.69, 9.17) is 5.11 Å². The minimum Gasteiger partial charge on any atom is -0.478 e.